The number of nitrogens with zero attached hydrogens (tertiary/aromatic N) is 2. The number of halogens is 1. The van der Waals surface area contributed by atoms with Crippen molar-refractivity contribution in [2.45, 2.75) is 38.5 Å². The minimum absolute atomic E-state index is 0.185. The van der Waals surface area contributed by atoms with Gasteiger partial charge in [0.15, 0.2) is 0 Å². The van der Waals surface area contributed by atoms with Gasteiger partial charge in [-0.2, -0.15) is 0 Å². The Morgan fingerprint density at radius 2 is 2.08 bits per heavy atom. The van der Waals surface area contributed by atoms with Gasteiger partial charge in [0.2, 0.25) is 0 Å². The van der Waals surface area contributed by atoms with Crippen molar-refractivity contribution < 1.29 is 13.9 Å². The third kappa shape index (κ3) is 4.07. The number of pyridine rings is 1. The molecule has 0 saturated heterocycles. The van der Waals surface area contributed by atoms with Crippen LogP contribution >= 0.6 is 0 Å². The van der Waals surface area contributed by atoms with Crippen molar-refractivity contribution in [2.24, 2.45) is 0 Å². The van der Waals surface area contributed by atoms with Gasteiger partial charge in [-0.1, -0.05) is 6.07 Å². The van der Waals surface area contributed by atoms with Crippen LogP contribution in [0.5, 0.6) is 5.75 Å². The first-order valence-electron chi connectivity index (χ1n) is 8.23. The molecule has 2 heterocycles. The fraction of sp³-hybridized carbons (Fsp3) is 0.368. The Bertz CT molecular complexity index is 765. The van der Waals surface area contributed by atoms with Crippen LogP contribution in [0.15, 0.2) is 42.7 Å². The molecule has 0 bridgehead atoms. The van der Waals surface area contributed by atoms with Gasteiger partial charge in [-0.3, -0.25) is 4.98 Å². The summed E-state index contributed by atoms with van der Waals surface area (Å²) in [4.78, 5) is 18.2. The highest BCUT2D eigenvalue weighted by Gasteiger charge is 2.35. The lowest BCUT2D eigenvalue weighted by Crippen LogP contribution is -2.44. The molecule has 6 heteroatoms. The molecule has 1 atom stereocenters. The smallest absolute Gasteiger partial charge is 0.317 e. The molecule has 0 unspecified atom stereocenters. The van der Waals surface area contributed by atoms with E-state index in [0.29, 0.717) is 18.7 Å². The van der Waals surface area contributed by atoms with E-state index in [1.165, 1.54) is 12.1 Å². The van der Waals surface area contributed by atoms with Gasteiger partial charge >= 0.3 is 6.03 Å². The fourth-order valence-electron chi connectivity index (χ4n) is 3.05. The summed E-state index contributed by atoms with van der Waals surface area (Å²) in [5.41, 5.74) is 1.32. The molecule has 0 aliphatic carbocycles. The maximum Gasteiger partial charge on any atom is 0.317 e. The molecule has 0 saturated carbocycles. The summed E-state index contributed by atoms with van der Waals surface area (Å²) >= 11 is 0. The Labute approximate surface area is 146 Å². The van der Waals surface area contributed by atoms with Crippen molar-refractivity contribution in [3.8, 4) is 5.75 Å². The predicted molar refractivity (Wildman–Crippen MR) is 92.7 cm³/mol. The molecule has 1 aromatic carbocycles. The summed E-state index contributed by atoms with van der Waals surface area (Å²) in [7, 11) is 1.74. The van der Waals surface area contributed by atoms with E-state index in [2.05, 4.69) is 10.3 Å². The van der Waals surface area contributed by atoms with Gasteiger partial charge in [0.05, 0.1) is 6.04 Å². The second-order valence-electron chi connectivity index (χ2n) is 6.96. The van der Waals surface area contributed by atoms with E-state index in [4.69, 9.17) is 4.74 Å². The summed E-state index contributed by atoms with van der Waals surface area (Å²) in [6.45, 7) is 4.35. The molecule has 132 valence electrons. The Hall–Kier alpha value is -2.63. The molecule has 1 aliphatic heterocycles. The number of ether oxygens (including phenoxy) is 1. The molecular formula is C19H22FN3O2. The van der Waals surface area contributed by atoms with Gasteiger partial charge in [0.25, 0.3) is 0 Å². The van der Waals surface area contributed by atoms with E-state index in [1.54, 1.807) is 30.4 Å². The first-order valence-corrected chi connectivity index (χ1v) is 8.23. The monoisotopic (exact) mass is 343 g/mol. The Morgan fingerprint density at radius 1 is 1.36 bits per heavy atom. The molecule has 0 spiro atoms. The lowest BCUT2D eigenvalue weighted by molar-refractivity contribution is 0.0663. The molecule has 1 aliphatic rings. The lowest BCUT2D eigenvalue weighted by atomic mass is 9.90. The SMILES string of the molecule is CN(Cc1ccncc1)C(=O)N[C@H]1CC(C)(C)Oc2cc(F)ccc21. The van der Waals surface area contributed by atoms with Gasteiger partial charge in [-0.15, -0.1) is 0 Å². The highest BCUT2D eigenvalue weighted by molar-refractivity contribution is 5.74. The number of carbonyl (C=O) groups is 1. The highest BCUT2D eigenvalue weighted by atomic mass is 19.1. The molecule has 5 nitrogen and oxygen atoms in total. The van der Waals surface area contributed by atoms with Crippen LogP contribution in [0.25, 0.3) is 0 Å². The van der Waals surface area contributed by atoms with Crippen molar-refractivity contribution in [1.82, 2.24) is 15.2 Å². The minimum Gasteiger partial charge on any atom is -0.487 e. The molecule has 25 heavy (non-hydrogen) atoms. The maximum absolute atomic E-state index is 13.5. The van der Waals surface area contributed by atoms with E-state index in [-0.39, 0.29) is 17.9 Å². The van der Waals surface area contributed by atoms with Crippen molar-refractivity contribution in [3.63, 3.8) is 0 Å². The van der Waals surface area contributed by atoms with E-state index >= 15 is 0 Å². The second kappa shape index (κ2) is 6.70. The lowest BCUT2D eigenvalue weighted by Gasteiger charge is -2.38. The first-order chi connectivity index (χ1) is 11.8. The van der Waals surface area contributed by atoms with Crippen molar-refractivity contribution in [1.29, 1.82) is 0 Å². The van der Waals surface area contributed by atoms with Gasteiger partial charge in [0, 0.05) is 44.0 Å². The zero-order valence-corrected chi connectivity index (χ0v) is 14.6. The fourth-order valence-corrected chi connectivity index (χ4v) is 3.05. The van der Waals surface area contributed by atoms with Crippen LogP contribution in [0.4, 0.5) is 9.18 Å². The summed E-state index contributed by atoms with van der Waals surface area (Å²) < 4.78 is 19.4. The number of carbonyl (C=O) groups excluding carboxylic acids is 1. The first kappa shape index (κ1) is 17.2. The van der Waals surface area contributed by atoms with E-state index in [0.717, 1.165) is 11.1 Å². The molecule has 0 radical (unpaired) electrons. The Balaban J connectivity index is 1.74. The molecule has 2 amide bonds. The number of hydrogen-bond acceptors (Lipinski definition) is 3. The van der Waals surface area contributed by atoms with E-state index < -0.39 is 5.60 Å². The normalized spacial score (nSPS) is 18.0. The molecule has 2 aromatic rings. The number of rotatable bonds is 3. The Morgan fingerprint density at radius 3 is 2.80 bits per heavy atom. The van der Waals surface area contributed by atoms with Gasteiger partial charge in [-0.05, 0) is 37.6 Å². The summed E-state index contributed by atoms with van der Waals surface area (Å²) in [6.07, 6.45) is 4.01. The average molecular weight is 343 g/mol. The quantitative estimate of drug-likeness (QED) is 0.925. The van der Waals surface area contributed by atoms with Crippen molar-refractivity contribution in [3.05, 3.63) is 59.7 Å². The van der Waals surface area contributed by atoms with Gasteiger partial charge in [-0.25, -0.2) is 9.18 Å². The third-order valence-electron chi connectivity index (χ3n) is 4.25. The zero-order valence-electron chi connectivity index (χ0n) is 14.6. The van der Waals surface area contributed by atoms with Crippen LogP contribution in [-0.2, 0) is 6.54 Å². The number of nitrogens with one attached hydrogen (secondary N) is 1. The number of hydrogen-bond donors (Lipinski definition) is 1. The van der Waals surface area contributed by atoms with Crippen molar-refractivity contribution in [2.75, 3.05) is 7.05 Å². The van der Waals surface area contributed by atoms with Crippen LogP contribution in [0, 0.1) is 5.82 Å². The average Bonchev–Trinajstić information content (AvgIpc) is 2.54. The summed E-state index contributed by atoms with van der Waals surface area (Å²) in [5, 5.41) is 3.04. The maximum atomic E-state index is 13.5. The van der Waals surface area contributed by atoms with E-state index in [9.17, 15) is 9.18 Å². The molecule has 1 aromatic heterocycles. The standard InChI is InChI=1S/C19H22FN3O2/c1-19(2)11-16(15-5-4-14(20)10-17(15)25-19)22-18(24)23(3)12-13-6-8-21-9-7-13/h4-10,16H,11-12H2,1-3H3,(H,22,24)/t16-/m0/s1. The molecule has 3 rings (SSSR count). The zero-order chi connectivity index (χ0) is 18.0. The van der Waals surface area contributed by atoms with Crippen molar-refractivity contribution >= 4 is 6.03 Å². The minimum atomic E-state index is -0.484. The van der Waals surface area contributed by atoms with Gasteiger partial charge < -0.3 is 15.0 Å². The van der Waals surface area contributed by atoms with E-state index in [1.807, 2.05) is 26.0 Å². The van der Waals surface area contributed by atoms with Crippen LogP contribution in [-0.4, -0.2) is 28.6 Å². The number of fused-ring (bicyclic) bond motifs is 1. The third-order valence-corrected chi connectivity index (χ3v) is 4.25. The Kier molecular flexibility index (Phi) is 4.61. The second-order valence-corrected chi connectivity index (χ2v) is 6.96. The number of benzene rings is 1. The number of urea groups is 1. The van der Waals surface area contributed by atoms with Crippen LogP contribution < -0.4 is 10.1 Å². The summed E-state index contributed by atoms with van der Waals surface area (Å²) in [6, 6.07) is 7.77. The van der Waals surface area contributed by atoms with Crippen LogP contribution in [0.3, 0.4) is 0 Å². The molecule has 1 N–H and O–H groups in total. The number of amides is 2. The number of aromatic nitrogens is 1. The molecule has 0 fully saturated rings. The van der Waals surface area contributed by atoms with Gasteiger partial charge in [0.1, 0.15) is 17.2 Å². The summed E-state index contributed by atoms with van der Waals surface area (Å²) in [5.74, 6) is 0.134. The van der Waals surface area contributed by atoms with Crippen LogP contribution in [0.1, 0.15) is 37.4 Å². The van der Waals surface area contributed by atoms with Crippen LogP contribution in [0.2, 0.25) is 0 Å². The largest absolute Gasteiger partial charge is 0.487 e. The predicted octanol–water partition coefficient (Wildman–Crippen LogP) is 3.66. The highest BCUT2D eigenvalue weighted by Crippen LogP contribution is 2.39. The topological polar surface area (TPSA) is 54.5 Å². The molecular weight excluding hydrogens is 321 g/mol.